The van der Waals surface area contributed by atoms with E-state index in [-0.39, 0.29) is 0 Å². The molecule has 2 aromatic rings. The van der Waals surface area contributed by atoms with Gasteiger partial charge in [-0.05, 0) is 54.8 Å². The maximum Gasteiger partial charge on any atom is 0.0317 e. The lowest BCUT2D eigenvalue weighted by molar-refractivity contribution is 0.270. The first-order valence-corrected chi connectivity index (χ1v) is 7.22. The van der Waals surface area contributed by atoms with Gasteiger partial charge in [-0.15, -0.1) is 0 Å². The Morgan fingerprint density at radius 1 is 0.950 bits per heavy atom. The smallest absolute Gasteiger partial charge is 0.0317 e. The third kappa shape index (κ3) is 3.61. The van der Waals surface area contributed by atoms with Gasteiger partial charge < -0.3 is 5.73 Å². The highest BCUT2D eigenvalue weighted by Crippen LogP contribution is 2.18. The quantitative estimate of drug-likeness (QED) is 0.833. The molecule has 0 bridgehead atoms. The molecule has 2 aromatic carbocycles. The molecule has 0 spiro atoms. The summed E-state index contributed by atoms with van der Waals surface area (Å²) in [5.74, 6) is 0. The first-order valence-electron chi connectivity index (χ1n) is 7.22. The Bertz CT molecular complexity index is 555. The summed E-state index contributed by atoms with van der Waals surface area (Å²) in [5.41, 5.74) is 12.2. The standard InChI is InChI=1S/C18H24N2/c1-4-20(12-16-9-6-10-17(19)11-16)13-18-14(2)7-5-8-15(18)3/h5-11H,4,12-13,19H2,1-3H3. The Balaban J connectivity index is 2.13. The summed E-state index contributed by atoms with van der Waals surface area (Å²) in [7, 11) is 0. The van der Waals surface area contributed by atoms with Crippen LogP contribution in [0.4, 0.5) is 5.69 Å². The van der Waals surface area contributed by atoms with E-state index < -0.39 is 0 Å². The second-order valence-corrected chi connectivity index (χ2v) is 5.42. The van der Waals surface area contributed by atoms with E-state index in [0.717, 1.165) is 25.3 Å². The molecular weight excluding hydrogens is 244 g/mol. The second-order valence-electron chi connectivity index (χ2n) is 5.42. The molecule has 2 rings (SSSR count). The number of hydrogen-bond donors (Lipinski definition) is 1. The Hall–Kier alpha value is -1.80. The third-order valence-corrected chi connectivity index (χ3v) is 3.83. The van der Waals surface area contributed by atoms with Gasteiger partial charge in [-0.1, -0.05) is 37.3 Å². The van der Waals surface area contributed by atoms with Crippen LogP contribution in [0.1, 0.15) is 29.2 Å². The van der Waals surface area contributed by atoms with E-state index in [0.29, 0.717) is 0 Å². The molecule has 0 unspecified atom stereocenters. The SMILES string of the molecule is CCN(Cc1cccc(N)c1)Cc1c(C)cccc1C. The van der Waals surface area contributed by atoms with Crippen molar-refractivity contribution >= 4 is 5.69 Å². The predicted molar refractivity (Wildman–Crippen MR) is 86.6 cm³/mol. The van der Waals surface area contributed by atoms with E-state index >= 15 is 0 Å². The van der Waals surface area contributed by atoms with E-state index in [1.54, 1.807) is 0 Å². The van der Waals surface area contributed by atoms with Crippen LogP contribution < -0.4 is 5.73 Å². The third-order valence-electron chi connectivity index (χ3n) is 3.83. The van der Waals surface area contributed by atoms with Gasteiger partial charge in [0, 0.05) is 18.8 Å². The molecule has 106 valence electrons. The minimum absolute atomic E-state index is 0.839. The Morgan fingerprint density at radius 2 is 1.60 bits per heavy atom. The van der Waals surface area contributed by atoms with Gasteiger partial charge in [0.1, 0.15) is 0 Å². The van der Waals surface area contributed by atoms with Crippen LogP contribution in [-0.2, 0) is 13.1 Å². The molecule has 2 heteroatoms. The van der Waals surface area contributed by atoms with Gasteiger partial charge in [0.2, 0.25) is 0 Å². The number of nitrogen functional groups attached to an aromatic ring is 1. The minimum atomic E-state index is 0.839. The van der Waals surface area contributed by atoms with Crippen molar-refractivity contribution in [2.45, 2.75) is 33.9 Å². The van der Waals surface area contributed by atoms with Crippen LogP contribution in [0.5, 0.6) is 0 Å². The summed E-state index contributed by atoms with van der Waals surface area (Å²) in [6.45, 7) is 9.55. The minimum Gasteiger partial charge on any atom is -0.399 e. The zero-order valence-electron chi connectivity index (χ0n) is 12.7. The zero-order valence-corrected chi connectivity index (χ0v) is 12.7. The van der Waals surface area contributed by atoms with Crippen LogP contribution in [0.2, 0.25) is 0 Å². The number of nitrogens with zero attached hydrogens (tertiary/aromatic N) is 1. The molecule has 0 aliphatic carbocycles. The molecule has 0 atom stereocenters. The predicted octanol–water partition coefficient (Wildman–Crippen LogP) is 3.91. The molecular formula is C18H24N2. The zero-order chi connectivity index (χ0) is 14.5. The molecule has 0 aliphatic heterocycles. The number of anilines is 1. The molecule has 0 amide bonds. The van der Waals surface area contributed by atoms with Crippen LogP contribution in [0, 0.1) is 13.8 Å². The molecule has 2 N–H and O–H groups in total. The maximum atomic E-state index is 5.86. The van der Waals surface area contributed by atoms with Crippen LogP contribution in [0.3, 0.4) is 0 Å². The Kier molecular flexibility index (Phi) is 4.80. The van der Waals surface area contributed by atoms with Gasteiger partial charge in [0.15, 0.2) is 0 Å². The molecule has 0 heterocycles. The van der Waals surface area contributed by atoms with Crippen LogP contribution in [0.25, 0.3) is 0 Å². The fourth-order valence-corrected chi connectivity index (χ4v) is 2.55. The van der Waals surface area contributed by atoms with E-state index in [4.69, 9.17) is 5.73 Å². The Labute approximate surface area is 122 Å². The van der Waals surface area contributed by atoms with Crippen molar-refractivity contribution in [2.24, 2.45) is 0 Å². The lowest BCUT2D eigenvalue weighted by atomic mass is 10.0. The van der Waals surface area contributed by atoms with Gasteiger partial charge in [-0.3, -0.25) is 4.90 Å². The monoisotopic (exact) mass is 268 g/mol. The highest BCUT2D eigenvalue weighted by molar-refractivity contribution is 5.40. The first-order chi connectivity index (χ1) is 9.60. The van der Waals surface area contributed by atoms with Gasteiger partial charge in [-0.2, -0.15) is 0 Å². The average molecular weight is 268 g/mol. The summed E-state index contributed by atoms with van der Waals surface area (Å²) in [6.07, 6.45) is 0. The molecule has 0 radical (unpaired) electrons. The fourth-order valence-electron chi connectivity index (χ4n) is 2.55. The lowest BCUT2D eigenvalue weighted by Crippen LogP contribution is -2.23. The molecule has 0 fully saturated rings. The largest absolute Gasteiger partial charge is 0.399 e. The van der Waals surface area contributed by atoms with Crippen molar-refractivity contribution in [3.05, 3.63) is 64.7 Å². The first kappa shape index (κ1) is 14.6. The van der Waals surface area contributed by atoms with E-state index in [9.17, 15) is 0 Å². The Morgan fingerprint density at radius 3 is 2.20 bits per heavy atom. The number of nitrogens with two attached hydrogens (primary N) is 1. The van der Waals surface area contributed by atoms with E-state index in [1.165, 1.54) is 22.3 Å². The van der Waals surface area contributed by atoms with Crippen LogP contribution in [0.15, 0.2) is 42.5 Å². The maximum absolute atomic E-state index is 5.86. The molecule has 0 saturated carbocycles. The van der Waals surface area contributed by atoms with Crippen molar-refractivity contribution in [3.8, 4) is 0 Å². The summed E-state index contributed by atoms with van der Waals surface area (Å²) >= 11 is 0. The number of rotatable bonds is 5. The van der Waals surface area contributed by atoms with Crippen molar-refractivity contribution in [3.63, 3.8) is 0 Å². The van der Waals surface area contributed by atoms with Crippen LogP contribution >= 0.6 is 0 Å². The van der Waals surface area contributed by atoms with Crippen molar-refractivity contribution in [1.82, 2.24) is 4.90 Å². The second kappa shape index (κ2) is 6.58. The number of hydrogen-bond acceptors (Lipinski definition) is 2. The van der Waals surface area contributed by atoms with E-state index in [1.807, 2.05) is 12.1 Å². The van der Waals surface area contributed by atoms with E-state index in [2.05, 4.69) is 56.0 Å². The number of benzene rings is 2. The topological polar surface area (TPSA) is 29.3 Å². The van der Waals surface area contributed by atoms with Gasteiger partial charge in [-0.25, -0.2) is 0 Å². The lowest BCUT2D eigenvalue weighted by Gasteiger charge is -2.23. The fraction of sp³-hybridized carbons (Fsp3) is 0.333. The van der Waals surface area contributed by atoms with Gasteiger partial charge in [0.05, 0.1) is 0 Å². The van der Waals surface area contributed by atoms with Crippen LogP contribution in [-0.4, -0.2) is 11.4 Å². The molecule has 20 heavy (non-hydrogen) atoms. The molecule has 0 aromatic heterocycles. The molecule has 0 saturated heterocycles. The van der Waals surface area contributed by atoms with Crippen molar-refractivity contribution in [1.29, 1.82) is 0 Å². The average Bonchev–Trinajstić information content (AvgIpc) is 2.42. The molecule has 2 nitrogen and oxygen atoms in total. The summed E-state index contributed by atoms with van der Waals surface area (Å²) in [4.78, 5) is 2.45. The normalized spacial score (nSPS) is 11.0. The summed E-state index contributed by atoms with van der Waals surface area (Å²) in [5, 5.41) is 0. The van der Waals surface area contributed by atoms with Crippen molar-refractivity contribution in [2.75, 3.05) is 12.3 Å². The highest BCUT2D eigenvalue weighted by Gasteiger charge is 2.09. The molecule has 0 aliphatic rings. The van der Waals surface area contributed by atoms with Gasteiger partial charge in [0.25, 0.3) is 0 Å². The summed E-state index contributed by atoms with van der Waals surface area (Å²) in [6, 6.07) is 14.7. The van der Waals surface area contributed by atoms with Crippen molar-refractivity contribution < 1.29 is 0 Å². The summed E-state index contributed by atoms with van der Waals surface area (Å²) < 4.78 is 0. The highest BCUT2D eigenvalue weighted by atomic mass is 15.1. The van der Waals surface area contributed by atoms with Gasteiger partial charge >= 0.3 is 0 Å². The number of aryl methyl sites for hydroxylation is 2.